The largest absolute Gasteiger partial charge is 0.377 e. The van der Waals surface area contributed by atoms with Crippen LogP contribution in [0.1, 0.15) is 27.7 Å². The monoisotopic (exact) mass is 317 g/mol. The van der Waals surface area contributed by atoms with Crippen molar-refractivity contribution >= 4 is 5.91 Å². The van der Waals surface area contributed by atoms with E-state index in [1.807, 2.05) is 38.1 Å². The summed E-state index contributed by atoms with van der Waals surface area (Å²) in [4.78, 5) is 18.7. The number of hydrogen-bond acceptors (Lipinski definition) is 4. The Balaban J connectivity index is 1.60. The Morgan fingerprint density at radius 1 is 1.39 bits per heavy atom. The fourth-order valence-electron chi connectivity index (χ4n) is 3.09. The molecule has 0 unspecified atom stereocenters. The number of carbonyl (C=O) groups is 1. The molecule has 0 N–H and O–H groups in total. The minimum absolute atomic E-state index is 0.0591. The fourth-order valence-corrected chi connectivity index (χ4v) is 3.09. The van der Waals surface area contributed by atoms with Crippen LogP contribution in [0.4, 0.5) is 0 Å². The number of imidazole rings is 1. The molecule has 0 bridgehead atoms. The lowest BCUT2D eigenvalue weighted by Crippen LogP contribution is -2.51. The maximum absolute atomic E-state index is 12.5. The number of hydrogen-bond donors (Lipinski definition) is 0. The summed E-state index contributed by atoms with van der Waals surface area (Å²) in [7, 11) is 3.48. The summed E-state index contributed by atoms with van der Waals surface area (Å²) < 4.78 is 9.03. The Hall–Kier alpha value is -2.15. The van der Waals surface area contributed by atoms with Crippen LogP contribution in [0.3, 0.4) is 0 Å². The van der Waals surface area contributed by atoms with E-state index in [1.54, 1.807) is 11.8 Å². The Labute approximate surface area is 135 Å². The van der Waals surface area contributed by atoms with Gasteiger partial charge in [-0.05, 0) is 19.9 Å². The molecule has 3 heterocycles. The number of aryl methyl sites for hydroxylation is 3. The molecule has 2 aromatic heterocycles. The molecule has 23 heavy (non-hydrogen) atoms. The van der Waals surface area contributed by atoms with E-state index in [9.17, 15) is 4.79 Å². The minimum Gasteiger partial charge on any atom is -0.377 e. The van der Waals surface area contributed by atoms with Gasteiger partial charge < -0.3 is 14.2 Å². The second kappa shape index (κ2) is 6.16. The third kappa shape index (κ3) is 3.01. The topological polar surface area (TPSA) is 65.2 Å². The van der Waals surface area contributed by atoms with Crippen LogP contribution >= 0.6 is 0 Å². The highest BCUT2D eigenvalue weighted by Gasteiger charge is 2.33. The van der Waals surface area contributed by atoms with Crippen molar-refractivity contribution in [2.45, 2.75) is 27.0 Å². The van der Waals surface area contributed by atoms with Crippen LogP contribution in [0.15, 0.2) is 12.3 Å². The number of carbonyl (C=O) groups excluding carboxylic acids is 1. The summed E-state index contributed by atoms with van der Waals surface area (Å²) in [6, 6.07) is 1.84. The van der Waals surface area contributed by atoms with Gasteiger partial charge in [-0.3, -0.25) is 9.48 Å². The van der Waals surface area contributed by atoms with E-state index in [0.29, 0.717) is 18.2 Å². The fraction of sp³-hybridized carbons (Fsp3) is 0.562. The molecular weight excluding hydrogens is 294 g/mol. The Bertz CT molecular complexity index is 712. The smallest absolute Gasteiger partial charge is 0.272 e. The van der Waals surface area contributed by atoms with Crippen LogP contribution in [0.5, 0.6) is 0 Å². The molecule has 1 fully saturated rings. The Kier molecular flexibility index (Phi) is 4.21. The molecular formula is C16H23N5O2. The summed E-state index contributed by atoms with van der Waals surface area (Å²) in [6.07, 6.45) is 1.87. The normalized spacial score (nSPS) is 15.0. The molecule has 0 spiro atoms. The zero-order valence-corrected chi connectivity index (χ0v) is 14.1. The van der Waals surface area contributed by atoms with E-state index in [-0.39, 0.29) is 5.91 Å². The van der Waals surface area contributed by atoms with Crippen LogP contribution in [-0.4, -0.2) is 50.3 Å². The molecule has 7 nitrogen and oxygen atoms in total. The zero-order valence-electron chi connectivity index (χ0n) is 14.1. The van der Waals surface area contributed by atoms with E-state index in [2.05, 4.69) is 14.6 Å². The van der Waals surface area contributed by atoms with Crippen LogP contribution in [-0.2, 0) is 24.9 Å². The van der Waals surface area contributed by atoms with Gasteiger partial charge in [-0.1, -0.05) is 0 Å². The molecule has 0 radical (unpaired) electrons. The number of methoxy groups -OCH3 is 1. The van der Waals surface area contributed by atoms with Gasteiger partial charge in [0.1, 0.15) is 18.1 Å². The zero-order chi connectivity index (χ0) is 16.6. The second-order valence-electron chi connectivity index (χ2n) is 6.23. The van der Waals surface area contributed by atoms with Crippen molar-refractivity contribution in [1.29, 1.82) is 0 Å². The van der Waals surface area contributed by atoms with Gasteiger partial charge in [-0.25, -0.2) is 4.98 Å². The van der Waals surface area contributed by atoms with Crippen LogP contribution in [0, 0.1) is 19.8 Å². The standard InChI is InChI=1S/C16H23N5O2/c1-11-5-14(19(3)18-11)16(22)20-7-13(8-20)9-21-12(2)6-17-15(21)10-23-4/h5-6,13H,7-10H2,1-4H3. The van der Waals surface area contributed by atoms with Gasteiger partial charge in [0.25, 0.3) is 5.91 Å². The number of ether oxygens (including phenoxy) is 1. The molecule has 3 rings (SSSR count). The predicted molar refractivity (Wildman–Crippen MR) is 85.0 cm³/mol. The Morgan fingerprint density at radius 2 is 2.13 bits per heavy atom. The highest BCUT2D eigenvalue weighted by Crippen LogP contribution is 2.22. The minimum atomic E-state index is 0.0591. The van der Waals surface area contributed by atoms with Crippen LogP contribution in [0.25, 0.3) is 0 Å². The van der Waals surface area contributed by atoms with Gasteiger partial charge in [-0.15, -0.1) is 0 Å². The van der Waals surface area contributed by atoms with E-state index in [0.717, 1.165) is 36.8 Å². The van der Waals surface area contributed by atoms with Crippen LogP contribution < -0.4 is 0 Å². The molecule has 0 aliphatic carbocycles. The highest BCUT2D eigenvalue weighted by atomic mass is 16.5. The summed E-state index contributed by atoms with van der Waals surface area (Å²) in [5, 5.41) is 4.24. The van der Waals surface area contributed by atoms with Gasteiger partial charge in [-0.2, -0.15) is 5.10 Å². The van der Waals surface area contributed by atoms with Crippen molar-refractivity contribution in [2.75, 3.05) is 20.2 Å². The van der Waals surface area contributed by atoms with E-state index in [4.69, 9.17) is 4.74 Å². The summed E-state index contributed by atoms with van der Waals surface area (Å²) in [5.41, 5.74) is 2.65. The number of aromatic nitrogens is 4. The average molecular weight is 317 g/mol. The number of amides is 1. The van der Waals surface area contributed by atoms with Crippen molar-refractivity contribution in [3.05, 3.63) is 35.2 Å². The first-order valence-electron chi connectivity index (χ1n) is 7.79. The SMILES string of the molecule is COCc1ncc(C)n1CC1CN(C(=O)c2cc(C)nn2C)C1. The number of rotatable bonds is 5. The third-order valence-corrected chi connectivity index (χ3v) is 4.32. The quantitative estimate of drug-likeness (QED) is 0.830. The lowest BCUT2D eigenvalue weighted by molar-refractivity contribution is 0.0451. The summed E-state index contributed by atoms with van der Waals surface area (Å²) >= 11 is 0. The molecule has 1 aliphatic rings. The lowest BCUT2D eigenvalue weighted by atomic mass is 9.99. The average Bonchev–Trinajstić information content (AvgIpc) is 2.97. The van der Waals surface area contributed by atoms with Crippen molar-refractivity contribution < 1.29 is 9.53 Å². The van der Waals surface area contributed by atoms with Crippen molar-refractivity contribution in [1.82, 2.24) is 24.2 Å². The van der Waals surface area contributed by atoms with Gasteiger partial charge in [0.2, 0.25) is 0 Å². The maximum atomic E-state index is 12.5. The molecule has 0 atom stereocenters. The first-order chi connectivity index (χ1) is 11.0. The molecule has 2 aromatic rings. The third-order valence-electron chi connectivity index (χ3n) is 4.32. The van der Waals surface area contributed by atoms with E-state index >= 15 is 0 Å². The molecule has 1 aliphatic heterocycles. The van der Waals surface area contributed by atoms with Crippen molar-refractivity contribution in [3.63, 3.8) is 0 Å². The molecule has 1 saturated heterocycles. The second-order valence-corrected chi connectivity index (χ2v) is 6.23. The first kappa shape index (κ1) is 15.7. The van der Waals surface area contributed by atoms with E-state index < -0.39 is 0 Å². The molecule has 1 amide bonds. The van der Waals surface area contributed by atoms with Gasteiger partial charge in [0, 0.05) is 51.6 Å². The number of likely N-dealkylation sites (tertiary alicyclic amines) is 1. The van der Waals surface area contributed by atoms with Gasteiger partial charge in [0.05, 0.1) is 5.69 Å². The molecule has 0 saturated carbocycles. The van der Waals surface area contributed by atoms with Crippen molar-refractivity contribution in [3.8, 4) is 0 Å². The predicted octanol–water partition coefficient (Wildman–Crippen LogP) is 1.15. The summed E-state index contributed by atoms with van der Waals surface area (Å²) in [5.74, 6) is 1.46. The molecule has 7 heteroatoms. The first-order valence-corrected chi connectivity index (χ1v) is 7.79. The van der Waals surface area contributed by atoms with Crippen molar-refractivity contribution in [2.24, 2.45) is 13.0 Å². The molecule has 124 valence electrons. The van der Waals surface area contributed by atoms with E-state index in [1.165, 1.54) is 0 Å². The highest BCUT2D eigenvalue weighted by molar-refractivity contribution is 5.93. The van der Waals surface area contributed by atoms with Gasteiger partial charge >= 0.3 is 0 Å². The van der Waals surface area contributed by atoms with Gasteiger partial charge in [0.15, 0.2) is 0 Å². The number of nitrogens with zero attached hydrogens (tertiary/aromatic N) is 5. The Morgan fingerprint density at radius 3 is 2.74 bits per heavy atom. The molecule has 0 aromatic carbocycles. The maximum Gasteiger partial charge on any atom is 0.272 e. The van der Waals surface area contributed by atoms with Crippen LogP contribution in [0.2, 0.25) is 0 Å². The lowest BCUT2D eigenvalue weighted by Gasteiger charge is -2.39. The summed E-state index contributed by atoms with van der Waals surface area (Å²) in [6.45, 7) is 6.87.